The van der Waals surface area contributed by atoms with Crippen LogP contribution in [-0.4, -0.2) is 98.4 Å². The van der Waals surface area contributed by atoms with Gasteiger partial charge in [-0.25, -0.2) is 19.3 Å². The van der Waals surface area contributed by atoms with E-state index < -0.39 is 23.6 Å². The fraction of sp³-hybridized carbons (Fsp3) is 0.396. The van der Waals surface area contributed by atoms with Crippen LogP contribution >= 0.6 is 34.5 Å². The van der Waals surface area contributed by atoms with Gasteiger partial charge < -0.3 is 34.3 Å². The van der Waals surface area contributed by atoms with Gasteiger partial charge in [0.1, 0.15) is 47.1 Å². The molecule has 0 radical (unpaired) electrons. The zero-order valence-electron chi connectivity index (χ0n) is 36.2. The number of ether oxygens (including phenoxy) is 3. The number of aromatic nitrogens is 4. The molecular formula is C48H49Cl2FN6O7S. The molecule has 4 heterocycles. The normalized spacial score (nSPS) is 19.1. The van der Waals surface area contributed by atoms with Crippen LogP contribution in [-0.2, 0) is 17.0 Å². The predicted octanol–water partition coefficient (Wildman–Crippen LogP) is 8.77. The van der Waals surface area contributed by atoms with Gasteiger partial charge in [-0.15, -0.1) is 11.3 Å². The summed E-state index contributed by atoms with van der Waals surface area (Å²) in [5.41, 5.74) is 3.20. The number of aliphatic hydroxyl groups is 1. The van der Waals surface area contributed by atoms with Crippen molar-refractivity contribution in [3.63, 3.8) is 0 Å². The molecule has 1 aliphatic heterocycles. The first kappa shape index (κ1) is 45.0. The number of aliphatic carboxylic acids is 1. The van der Waals surface area contributed by atoms with Crippen LogP contribution in [0.4, 0.5) is 4.39 Å². The lowest BCUT2D eigenvalue weighted by Crippen LogP contribution is -2.49. The Balaban J connectivity index is 1.01. The van der Waals surface area contributed by atoms with Crippen LogP contribution in [0.25, 0.3) is 31.8 Å². The number of thiophene rings is 1. The number of halogens is 3. The number of carboxylic acids is 1. The van der Waals surface area contributed by atoms with Crippen molar-refractivity contribution in [1.29, 1.82) is 0 Å². The van der Waals surface area contributed by atoms with Crippen LogP contribution in [0.1, 0.15) is 66.2 Å². The quantitative estimate of drug-likeness (QED) is 0.0899. The number of rotatable bonds is 15. The number of nitrogens with zero attached hydrogens (tertiary/aromatic N) is 5. The van der Waals surface area contributed by atoms with Crippen molar-refractivity contribution in [2.45, 2.75) is 70.2 Å². The molecule has 3 aromatic carbocycles. The second-order valence-electron chi connectivity index (χ2n) is 17.3. The Morgan fingerprint density at radius 1 is 1.00 bits per heavy atom. The van der Waals surface area contributed by atoms with Crippen molar-refractivity contribution >= 4 is 50.7 Å². The molecule has 0 bridgehead atoms. The number of piperazine rings is 1. The number of aromatic amines is 1. The van der Waals surface area contributed by atoms with Gasteiger partial charge >= 0.3 is 5.97 Å². The summed E-state index contributed by atoms with van der Waals surface area (Å²) < 4.78 is 33.7. The van der Waals surface area contributed by atoms with E-state index in [1.54, 1.807) is 36.5 Å². The highest BCUT2D eigenvalue weighted by Crippen LogP contribution is 2.53. The van der Waals surface area contributed by atoms with Crippen LogP contribution in [0.3, 0.4) is 0 Å². The molecule has 3 fully saturated rings. The molecule has 65 heavy (non-hydrogen) atoms. The van der Waals surface area contributed by atoms with Gasteiger partial charge in [-0.3, -0.25) is 14.5 Å². The lowest BCUT2D eigenvalue weighted by Gasteiger charge is -2.35. The van der Waals surface area contributed by atoms with Gasteiger partial charge in [-0.05, 0) is 112 Å². The van der Waals surface area contributed by atoms with E-state index in [1.165, 1.54) is 29.8 Å². The van der Waals surface area contributed by atoms with Crippen molar-refractivity contribution < 1.29 is 33.6 Å². The van der Waals surface area contributed by atoms with Crippen LogP contribution in [0.15, 0.2) is 65.8 Å². The first-order valence-corrected chi connectivity index (χ1v) is 23.3. The molecule has 6 aromatic rings. The molecule has 2 aliphatic carbocycles. The maximum atomic E-state index is 14.1. The molecule has 2 saturated carbocycles. The maximum absolute atomic E-state index is 14.1. The zero-order valence-corrected chi connectivity index (χ0v) is 38.5. The minimum atomic E-state index is -1.04. The Bertz CT molecular complexity index is 2780. The SMILES string of the molecule is Cc1c(Cl)c(O[C@@H](COc2ccc(OCc3ccnc(C4(O)CCCC4)n3)c(C3C[C@H]3C(=O)O)c2)CN2CCN(C)CC2)c(Cl)c(C)c1-c1c(-c2ccc(F)cc2)sc2nc[nH]c(=O)c12. The van der Waals surface area contributed by atoms with E-state index in [4.69, 9.17) is 37.4 Å². The van der Waals surface area contributed by atoms with E-state index in [0.29, 0.717) is 86.9 Å². The van der Waals surface area contributed by atoms with E-state index in [-0.39, 0.29) is 46.3 Å². The number of nitrogens with one attached hydrogen (secondary N) is 1. The van der Waals surface area contributed by atoms with Crippen LogP contribution in [0.2, 0.25) is 10.0 Å². The molecule has 0 spiro atoms. The fourth-order valence-electron chi connectivity index (χ4n) is 9.08. The molecule has 1 saturated heterocycles. The van der Waals surface area contributed by atoms with Crippen molar-refractivity contribution in [3.8, 4) is 38.8 Å². The monoisotopic (exact) mass is 942 g/mol. The predicted molar refractivity (Wildman–Crippen MR) is 248 cm³/mol. The van der Waals surface area contributed by atoms with E-state index in [0.717, 1.165) is 49.5 Å². The third kappa shape index (κ3) is 9.32. The topological polar surface area (TPSA) is 163 Å². The average molecular weight is 944 g/mol. The zero-order chi connectivity index (χ0) is 45.6. The molecule has 9 rings (SSSR count). The number of hydrogen-bond acceptors (Lipinski definition) is 12. The molecule has 13 nitrogen and oxygen atoms in total. The van der Waals surface area contributed by atoms with Crippen LogP contribution in [0.5, 0.6) is 17.2 Å². The van der Waals surface area contributed by atoms with Crippen molar-refractivity contribution in [2.75, 3.05) is 46.4 Å². The van der Waals surface area contributed by atoms with Gasteiger partial charge in [0.2, 0.25) is 0 Å². The van der Waals surface area contributed by atoms with Gasteiger partial charge in [0.15, 0.2) is 11.6 Å². The van der Waals surface area contributed by atoms with E-state index >= 15 is 0 Å². The standard InChI is InChI=1S/C48H49Cl2FN6O7S/c1-26-37(38-39-44(58)53-25-54-45(39)65-43(38)28-6-8-29(51)9-7-28)27(2)41(50)42(40(26)49)64-32(22-57-18-16-56(3)17-19-57)24-62-31-10-11-36(34(20-31)33-21-35(33)46(59)60)63-23-30-12-15-52-47(55-30)48(61)13-4-5-14-48/h6-12,15,20,25,32-33,35,61H,4-5,13-14,16-19,21-24H2,1-3H3,(H,59,60)(H,53,54,58)/t32-,33?,35-/m1/s1. The summed E-state index contributed by atoms with van der Waals surface area (Å²) in [6.45, 7) is 7.82. The molecule has 3 aromatic heterocycles. The number of benzene rings is 3. The Kier molecular flexibility index (Phi) is 12.9. The summed E-state index contributed by atoms with van der Waals surface area (Å²) in [4.78, 5) is 47.5. The van der Waals surface area contributed by atoms with Crippen LogP contribution < -0.4 is 19.8 Å². The molecule has 3 aliphatic rings. The molecule has 1 unspecified atom stereocenters. The summed E-state index contributed by atoms with van der Waals surface area (Å²) in [6, 6.07) is 13.3. The average Bonchev–Trinajstić information content (AvgIpc) is 3.84. The number of fused-ring (bicyclic) bond motifs is 1. The largest absolute Gasteiger partial charge is 0.490 e. The van der Waals surface area contributed by atoms with Crippen molar-refractivity contribution in [3.05, 3.63) is 115 Å². The summed E-state index contributed by atoms with van der Waals surface area (Å²) in [5, 5.41) is 21.9. The number of likely N-dealkylation sites (N-methyl/N-ethyl adjacent to an activating group) is 1. The highest BCUT2D eigenvalue weighted by atomic mass is 35.5. The number of carbonyl (C=O) groups is 1. The van der Waals surface area contributed by atoms with E-state index in [9.17, 15) is 24.2 Å². The molecule has 340 valence electrons. The van der Waals surface area contributed by atoms with E-state index in [2.05, 4.69) is 36.8 Å². The number of H-pyrrole nitrogens is 1. The first-order valence-electron chi connectivity index (χ1n) is 21.8. The first-order chi connectivity index (χ1) is 31.3. The number of hydrogen-bond donors (Lipinski definition) is 3. The Morgan fingerprint density at radius 3 is 2.42 bits per heavy atom. The maximum Gasteiger partial charge on any atom is 0.307 e. The second kappa shape index (κ2) is 18.6. The summed E-state index contributed by atoms with van der Waals surface area (Å²) >= 11 is 15.9. The molecule has 0 amide bonds. The third-order valence-corrected chi connectivity index (χ3v) is 14.9. The summed E-state index contributed by atoms with van der Waals surface area (Å²) in [6.07, 6.45) is 5.96. The number of carboxylic acid groups (broad SMARTS) is 1. The van der Waals surface area contributed by atoms with Gasteiger partial charge in [-0.2, -0.15) is 0 Å². The van der Waals surface area contributed by atoms with Gasteiger partial charge in [0.25, 0.3) is 5.56 Å². The van der Waals surface area contributed by atoms with Gasteiger partial charge in [0.05, 0.1) is 33.4 Å². The Hall–Kier alpha value is -5.16. The lowest BCUT2D eigenvalue weighted by atomic mass is 9.92. The van der Waals surface area contributed by atoms with Crippen molar-refractivity contribution in [2.24, 2.45) is 5.92 Å². The molecule has 3 N–H and O–H groups in total. The smallest absolute Gasteiger partial charge is 0.307 e. The third-order valence-electron chi connectivity index (χ3n) is 12.9. The van der Waals surface area contributed by atoms with Gasteiger partial charge in [-0.1, -0.05) is 35.3 Å². The summed E-state index contributed by atoms with van der Waals surface area (Å²) in [7, 11) is 2.09. The highest BCUT2D eigenvalue weighted by molar-refractivity contribution is 7.22. The van der Waals surface area contributed by atoms with E-state index in [1.807, 2.05) is 19.9 Å². The molecular weight excluding hydrogens is 895 g/mol. The second-order valence-corrected chi connectivity index (χ2v) is 19.1. The minimum Gasteiger partial charge on any atom is -0.490 e. The Morgan fingerprint density at radius 2 is 1.72 bits per heavy atom. The molecule has 17 heteroatoms. The fourth-order valence-corrected chi connectivity index (χ4v) is 10.8. The Labute approximate surface area is 389 Å². The summed E-state index contributed by atoms with van der Waals surface area (Å²) in [5.74, 6) is -0.342. The molecule has 3 atom stereocenters. The van der Waals surface area contributed by atoms with Crippen LogP contribution in [0, 0.1) is 25.6 Å². The van der Waals surface area contributed by atoms with Crippen molar-refractivity contribution in [1.82, 2.24) is 29.7 Å². The minimum absolute atomic E-state index is 0.100. The van der Waals surface area contributed by atoms with Gasteiger partial charge in [0, 0.05) is 60.8 Å². The lowest BCUT2D eigenvalue weighted by molar-refractivity contribution is -0.138. The highest BCUT2D eigenvalue weighted by Gasteiger charge is 2.46.